The number of halogens is 2. The van der Waals surface area contributed by atoms with Crippen molar-refractivity contribution in [3.05, 3.63) is 35.8 Å². The summed E-state index contributed by atoms with van der Waals surface area (Å²) in [5.41, 5.74) is 2.02. The average molecular weight is 473 g/mol. The van der Waals surface area contributed by atoms with Crippen molar-refractivity contribution < 1.29 is 4.39 Å². The molecule has 26 heavy (non-hydrogen) atoms. The predicted molar refractivity (Wildman–Crippen MR) is 117 cm³/mol. The highest BCUT2D eigenvalue weighted by molar-refractivity contribution is 14.0. The lowest BCUT2D eigenvalue weighted by molar-refractivity contribution is 0.247. The van der Waals surface area contributed by atoms with Crippen molar-refractivity contribution in [2.45, 2.75) is 38.3 Å². The Kier molecular flexibility index (Phi) is 7.69. The zero-order chi connectivity index (χ0) is 17.8. The van der Waals surface area contributed by atoms with Gasteiger partial charge in [-0.2, -0.15) is 0 Å². The highest BCUT2D eigenvalue weighted by Gasteiger charge is 2.28. The number of likely N-dealkylation sites (N-methyl/N-ethyl adjacent to an activating group) is 1. The minimum absolute atomic E-state index is 0. The van der Waals surface area contributed by atoms with Crippen molar-refractivity contribution in [1.82, 2.24) is 20.5 Å². The van der Waals surface area contributed by atoms with Crippen LogP contribution < -0.4 is 10.6 Å². The van der Waals surface area contributed by atoms with Crippen molar-refractivity contribution in [2.75, 3.05) is 27.2 Å². The molecule has 144 valence electrons. The fourth-order valence-electron chi connectivity index (χ4n) is 3.13. The van der Waals surface area contributed by atoms with E-state index in [0.29, 0.717) is 6.04 Å². The van der Waals surface area contributed by atoms with E-state index in [2.05, 4.69) is 39.5 Å². The van der Waals surface area contributed by atoms with E-state index >= 15 is 0 Å². The van der Waals surface area contributed by atoms with Gasteiger partial charge in [-0.3, -0.25) is 9.89 Å². The fraction of sp³-hybridized carbons (Fsp3) is 0.526. The van der Waals surface area contributed by atoms with E-state index in [1.807, 2.05) is 12.3 Å². The standard InChI is InChI=1S/C19H28FN5.HI/c1-13(25(3)16-5-6-16)11-24-19(21-2)22-9-8-14-12-23-18-10-15(20)4-7-17(14)18;/h4,7,10,12-13,16,23H,5-6,8-9,11H2,1-3H3,(H2,21,22,24);1H. The van der Waals surface area contributed by atoms with Gasteiger partial charge < -0.3 is 15.6 Å². The minimum Gasteiger partial charge on any atom is -0.361 e. The predicted octanol–water partition coefficient (Wildman–Crippen LogP) is 3.12. The van der Waals surface area contributed by atoms with Gasteiger partial charge in [-0.1, -0.05) is 0 Å². The lowest BCUT2D eigenvalue weighted by atomic mass is 10.1. The van der Waals surface area contributed by atoms with E-state index in [4.69, 9.17) is 0 Å². The Morgan fingerprint density at radius 1 is 1.38 bits per heavy atom. The van der Waals surface area contributed by atoms with Crippen molar-refractivity contribution in [3.63, 3.8) is 0 Å². The highest BCUT2D eigenvalue weighted by Crippen LogP contribution is 2.26. The summed E-state index contributed by atoms with van der Waals surface area (Å²) in [6, 6.07) is 6.11. The first kappa shape index (κ1) is 21.0. The third-order valence-corrected chi connectivity index (χ3v) is 5.02. The second-order valence-electron chi connectivity index (χ2n) is 6.88. The molecule has 7 heteroatoms. The number of aromatic nitrogens is 1. The number of rotatable bonds is 7. The van der Waals surface area contributed by atoms with Crippen LogP contribution in [-0.4, -0.2) is 55.1 Å². The van der Waals surface area contributed by atoms with Crippen LogP contribution in [0.15, 0.2) is 29.4 Å². The SMILES string of the molecule is CN=C(NCCc1c[nH]c2cc(F)ccc12)NCC(C)N(C)C1CC1.I. The molecule has 0 radical (unpaired) electrons. The van der Waals surface area contributed by atoms with Gasteiger partial charge in [-0.25, -0.2) is 4.39 Å². The van der Waals surface area contributed by atoms with Crippen LogP contribution in [0.25, 0.3) is 10.9 Å². The zero-order valence-electron chi connectivity index (χ0n) is 15.7. The molecule has 0 aliphatic heterocycles. The topological polar surface area (TPSA) is 55.5 Å². The second-order valence-corrected chi connectivity index (χ2v) is 6.88. The molecule has 0 bridgehead atoms. The zero-order valence-corrected chi connectivity index (χ0v) is 18.0. The molecule has 0 saturated heterocycles. The van der Waals surface area contributed by atoms with Crippen molar-refractivity contribution in [1.29, 1.82) is 0 Å². The molecule has 1 saturated carbocycles. The van der Waals surface area contributed by atoms with Crippen LogP contribution >= 0.6 is 24.0 Å². The van der Waals surface area contributed by atoms with E-state index in [-0.39, 0.29) is 29.8 Å². The molecule has 3 N–H and O–H groups in total. The Morgan fingerprint density at radius 2 is 2.15 bits per heavy atom. The largest absolute Gasteiger partial charge is 0.361 e. The molecule has 1 aliphatic carbocycles. The van der Waals surface area contributed by atoms with Crippen LogP contribution in [0.3, 0.4) is 0 Å². The van der Waals surface area contributed by atoms with Crippen LogP contribution in [0, 0.1) is 5.82 Å². The maximum atomic E-state index is 13.3. The van der Waals surface area contributed by atoms with Crippen LogP contribution in [0.2, 0.25) is 0 Å². The number of aromatic amines is 1. The number of nitrogens with zero attached hydrogens (tertiary/aromatic N) is 2. The molecular weight excluding hydrogens is 444 g/mol. The quantitative estimate of drug-likeness (QED) is 0.329. The molecule has 1 fully saturated rings. The summed E-state index contributed by atoms with van der Waals surface area (Å²) < 4.78 is 13.3. The molecule has 0 amide bonds. The van der Waals surface area contributed by atoms with Gasteiger partial charge in [0.2, 0.25) is 0 Å². The van der Waals surface area contributed by atoms with Crippen LogP contribution in [0.4, 0.5) is 4.39 Å². The molecule has 0 spiro atoms. The molecule has 1 aliphatic rings. The summed E-state index contributed by atoms with van der Waals surface area (Å²) in [4.78, 5) is 9.86. The summed E-state index contributed by atoms with van der Waals surface area (Å²) in [6.07, 6.45) is 5.45. The summed E-state index contributed by atoms with van der Waals surface area (Å²) in [6.45, 7) is 3.89. The van der Waals surface area contributed by atoms with Gasteiger partial charge in [-0.05, 0) is 57.0 Å². The Balaban J connectivity index is 0.00000243. The lowest BCUT2D eigenvalue weighted by Crippen LogP contribution is -2.45. The second kappa shape index (κ2) is 9.55. The molecule has 1 atom stereocenters. The van der Waals surface area contributed by atoms with Gasteiger partial charge in [0.25, 0.3) is 0 Å². The first-order chi connectivity index (χ1) is 12.1. The van der Waals surface area contributed by atoms with Gasteiger partial charge in [-0.15, -0.1) is 24.0 Å². The van der Waals surface area contributed by atoms with Crippen LogP contribution in [0.1, 0.15) is 25.3 Å². The lowest BCUT2D eigenvalue weighted by Gasteiger charge is -2.25. The molecule has 1 heterocycles. The van der Waals surface area contributed by atoms with Crippen molar-refractivity contribution >= 4 is 40.8 Å². The molecule has 3 rings (SSSR count). The first-order valence-electron chi connectivity index (χ1n) is 9.00. The van der Waals surface area contributed by atoms with Crippen LogP contribution in [0.5, 0.6) is 0 Å². The summed E-state index contributed by atoms with van der Waals surface area (Å²) in [5, 5.41) is 7.83. The normalized spacial score (nSPS) is 15.8. The molecule has 5 nitrogen and oxygen atoms in total. The number of benzene rings is 1. The Hall–Kier alpha value is -1.35. The minimum atomic E-state index is -0.214. The third kappa shape index (κ3) is 5.33. The van der Waals surface area contributed by atoms with Crippen molar-refractivity contribution in [2.24, 2.45) is 4.99 Å². The molecule has 1 unspecified atom stereocenters. The maximum Gasteiger partial charge on any atom is 0.191 e. The number of hydrogen-bond donors (Lipinski definition) is 3. The van der Waals surface area contributed by atoms with Gasteiger partial charge in [0.15, 0.2) is 5.96 Å². The van der Waals surface area contributed by atoms with Gasteiger partial charge in [0.1, 0.15) is 5.82 Å². The number of guanidine groups is 1. The van der Waals surface area contributed by atoms with E-state index < -0.39 is 0 Å². The number of aliphatic imine (C=N–C) groups is 1. The van der Waals surface area contributed by atoms with E-state index in [1.165, 1.54) is 30.5 Å². The molecule has 2 aromatic rings. The third-order valence-electron chi connectivity index (χ3n) is 5.02. The van der Waals surface area contributed by atoms with Gasteiger partial charge in [0, 0.05) is 49.3 Å². The molecular formula is C19H29FIN5. The summed E-state index contributed by atoms with van der Waals surface area (Å²) in [5.74, 6) is 0.607. The Morgan fingerprint density at radius 3 is 2.85 bits per heavy atom. The average Bonchev–Trinajstić information content (AvgIpc) is 3.39. The number of hydrogen-bond acceptors (Lipinski definition) is 2. The summed E-state index contributed by atoms with van der Waals surface area (Å²) in [7, 11) is 3.99. The monoisotopic (exact) mass is 473 g/mol. The highest BCUT2D eigenvalue weighted by atomic mass is 127. The van der Waals surface area contributed by atoms with Gasteiger partial charge in [0.05, 0.1) is 0 Å². The number of nitrogens with one attached hydrogen (secondary N) is 3. The maximum absolute atomic E-state index is 13.3. The van der Waals surface area contributed by atoms with E-state index in [1.54, 1.807) is 7.05 Å². The molecule has 1 aromatic heterocycles. The Labute approximate surface area is 171 Å². The number of fused-ring (bicyclic) bond motifs is 1. The smallest absolute Gasteiger partial charge is 0.191 e. The number of H-pyrrole nitrogens is 1. The van der Waals surface area contributed by atoms with E-state index in [0.717, 1.165) is 42.4 Å². The fourth-order valence-corrected chi connectivity index (χ4v) is 3.13. The summed E-state index contributed by atoms with van der Waals surface area (Å²) >= 11 is 0. The first-order valence-corrected chi connectivity index (χ1v) is 9.00. The van der Waals surface area contributed by atoms with Crippen molar-refractivity contribution in [3.8, 4) is 0 Å². The van der Waals surface area contributed by atoms with E-state index in [9.17, 15) is 4.39 Å². The molecule has 1 aromatic carbocycles. The van der Waals surface area contributed by atoms with Gasteiger partial charge >= 0.3 is 0 Å². The van der Waals surface area contributed by atoms with Crippen LogP contribution in [-0.2, 0) is 6.42 Å². The Bertz CT molecular complexity index is 741.